The molecular formula is C26H26N4O3S. The Morgan fingerprint density at radius 2 is 1.79 bits per heavy atom. The Morgan fingerprint density at radius 3 is 2.47 bits per heavy atom. The number of amides is 1. The van der Waals surface area contributed by atoms with Crippen LogP contribution in [-0.4, -0.2) is 39.2 Å². The first kappa shape index (κ1) is 23.4. The Hall–Kier alpha value is -3.75. The highest BCUT2D eigenvalue weighted by Gasteiger charge is 2.26. The standard InChI is InChI=1S/C26H26N4O3S/c1-18(24(31)20-12-7-4-8-13-20)30(2)26(32)33-22-17-28-25(27-16-21-14-9-15-34-21)29-23(22)19-10-5-3-6-11-19/h3-15,17-18,24,31H,16H2,1-2H3,(H,27,28,29). The van der Waals surface area contributed by atoms with Gasteiger partial charge in [0.25, 0.3) is 0 Å². The fourth-order valence-electron chi connectivity index (χ4n) is 3.39. The van der Waals surface area contributed by atoms with Crippen molar-refractivity contribution in [3.05, 3.63) is 94.8 Å². The van der Waals surface area contributed by atoms with Crippen LogP contribution in [0.2, 0.25) is 0 Å². The molecule has 0 bridgehead atoms. The van der Waals surface area contributed by atoms with Crippen molar-refractivity contribution >= 4 is 23.4 Å². The SMILES string of the molecule is CC(C(O)c1ccccc1)N(C)C(=O)Oc1cnc(NCc2cccs2)nc1-c1ccccc1. The lowest BCUT2D eigenvalue weighted by Crippen LogP contribution is -2.40. The second kappa shape index (κ2) is 10.9. The second-order valence-corrected chi connectivity index (χ2v) is 8.81. The maximum atomic E-state index is 13.0. The molecule has 0 aliphatic carbocycles. The molecule has 0 aliphatic rings. The van der Waals surface area contributed by atoms with Gasteiger partial charge < -0.3 is 20.1 Å². The van der Waals surface area contributed by atoms with E-state index in [0.717, 1.165) is 16.0 Å². The summed E-state index contributed by atoms with van der Waals surface area (Å²) in [4.78, 5) is 24.5. The predicted octanol–water partition coefficient (Wildman–Crippen LogP) is 5.37. The van der Waals surface area contributed by atoms with E-state index in [1.54, 1.807) is 25.3 Å². The third-order valence-electron chi connectivity index (χ3n) is 5.50. The summed E-state index contributed by atoms with van der Waals surface area (Å²) in [6, 6.07) is 22.2. The molecule has 0 saturated heterocycles. The summed E-state index contributed by atoms with van der Waals surface area (Å²) in [6.07, 6.45) is 0.0332. The van der Waals surface area contributed by atoms with Gasteiger partial charge >= 0.3 is 6.09 Å². The zero-order valence-electron chi connectivity index (χ0n) is 19.0. The highest BCUT2D eigenvalue weighted by molar-refractivity contribution is 7.09. The van der Waals surface area contributed by atoms with Crippen LogP contribution in [0.4, 0.5) is 10.7 Å². The highest BCUT2D eigenvalue weighted by atomic mass is 32.1. The van der Waals surface area contributed by atoms with Crippen LogP contribution >= 0.6 is 11.3 Å². The molecule has 2 unspecified atom stereocenters. The molecule has 1 amide bonds. The number of carbonyl (C=O) groups excluding carboxylic acids is 1. The number of rotatable bonds is 8. The first-order chi connectivity index (χ1) is 16.5. The molecule has 0 radical (unpaired) electrons. The summed E-state index contributed by atoms with van der Waals surface area (Å²) in [5.41, 5.74) is 2.03. The summed E-state index contributed by atoms with van der Waals surface area (Å²) in [5, 5.41) is 15.9. The molecule has 8 heteroatoms. The number of nitrogens with zero attached hydrogens (tertiary/aromatic N) is 3. The third-order valence-corrected chi connectivity index (χ3v) is 6.37. The topological polar surface area (TPSA) is 87.6 Å². The molecule has 4 aromatic rings. The van der Waals surface area contributed by atoms with Gasteiger partial charge in [0, 0.05) is 17.5 Å². The molecule has 2 aromatic carbocycles. The van der Waals surface area contributed by atoms with E-state index < -0.39 is 18.2 Å². The van der Waals surface area contributed by atoms with E-state index in [-0.39, 0.29) is 5.75 Å². The number of hydrogen-bond acceptors (Lipinski definition) is 7. The van der Waals surface area contributed by atoms with Gasteiger partial charge in [0.2, 0.25) is 5.95 Å². The quantitative estimate of drug-likeness (QED) is 0.357. The maximum Gasteiger partial charge on any atom is 0.415 e. The van der Waals surface area contributed by atoms with Crippen LogP contribution in [0.3, 0.4) is 0 Å². The fourth-order valence-corrected chi connectivity index (χ4v) is 4.03. The Morgan fingerprint density at radius 1 is 1.09 bits per heavy atom. The molecule has 2 N–H and O–H groups in total. The largest absolute Gasteiger partial charge is 0.415 e. The Labute approximate surface area is 202 Å². The van der Waals surface area contributed by atoms with Crippen LogP contribution in [0.15, 0.2) is 84.4 Å². The minimum absolute atomic E-state index is 0.242. The Kier molecular flexibility index (Phi) is 7.51. The van der Waals surface area contributed by atoms with Crippen molar-refractivity contribution in [3.8, 4) is 17.0 Å². The molecule has 34 heavy (non-hydrogen) atoms. The fraction of sp³-hybridized carbons (Fsp3) is 0.192. The minimum Gasteiger partial charge on any atom is -0.406 e. The van der Waals surface area contributed by atoms with Gasteiger partial charge in [-0.2, -0.15) is 0 Å². The molecule has 4 rings (SSSR count). The van der Waals surface area contributed by atoms with E-state index in [1.165, 1.54) is 11.1 Å². The molecule has 2 heterocycles. The number of nitrogens with one attached hydrogen (secondary N) is 1. The number of carbonyl (C=O) groups is 1. The van der Waals surface area contributed by atoms with Crippen molar-refractivity contribution in [1.29, 1.82) is 0 Å². The lowest BCUT2D eigenvalue weighted by molar-refractivity contribution is 0.0707. The van der Waals surface area contributed by atoms with Crippen LogP contribution in [-0.2, 0) is 6.54 Å². The monoisotopic (exact) mass is 474 g/mol. The molecule has 0 spiro atoms. The van der Waals surface area contributed by atoms with Crippen molar-refractivity contribution in [3.63, 3.8) is 0 Å². The number of anilines is 1. The van der Waals surface area contributed by atoms with Crippen molar-refractivity contribution in [2.24, 2.45) is 0 Å². The molecule has 0 fully saturated rings. The van der Waals surface area contributed by atoms with Gasteiger partial charge in [-0.15, -0.1) is 11.3 Å². The zero-order chi connectivity index (χ0) is 23.9. The van der Waals surface area contributed by atoms with Crippen molar-refractivity contribution in [2.45, 2.75) is 25.6 Å². The number of aliphatic hydroxyl groups excluding tert-OH is 1. The molecule has 0 saturated carbocycles. The number of ether oxygens (including phenoxy) is 1. The van der Waals surface area contributed by atoms with E-state index in [0.29, 0.717) is 18.2 Å². The predicted molar refractivity (Wildman–Crippen MR) is 134 cm³/mol. The smallest absolute Gasteiger partial charge is 0.406 e. The Bertz CT molecular complexity index is 1200. The van der Waals surface area contributed by atoms with Crippen LogP contribution in [0.1, 0.15) is 23.5 Å². The highest BCUT2D eigenvalue weighted by Crippen LogP contribution is 2.29. The minimum atomic E-state index is -0.854. The molecule has 174 valence electrons. The molecule has 7 nitrogen and oxygen atoms in total. The summed E-state index contributed by atoms with van der Waals surface area (Å²) < 4.78 is 5.70. The van der Waals surface area contributed by atoms with E-state index in [4.69, 9.17) is 4.74 Å². The summed E-state index contributed by atoms with van der Waals surface area (Å²) in [6.45, 7) is 2.37. The molecule has 2 aromatic heterocycles. The van der Waals surface area contributed by atoms with Crippen LogP contribution in [0, 0.1) is 0 Å². The second-order valence-electron chi connectivity index (χ2n) is 7.78. The number of benzene rings is 2. The summed E-state index contributed by atoms with van der Waals surface area (Å²) in [7, 11) is 1.60. The average Bonchev–Trinajstić information content (AvgIpc) is 3.41. The Balaban J connectivity index is 1.53. The zero-order valence-corrected chi connectivity index (χ0v) is 19.8. The van der Waals surface area contributed by atoms with Gasteiger partial charge in [0.05, 0.1) is 24.9 Å². The molecule has 0 aliphatic heterocycles. The van der Waals surface area contributed by atoms with E-state index in [2.05, 4.69) is 15.3 Å². The van der Waals surface area contributed by atoms with Crippen molar-refractivity contribution < 1.29 is 14.6 Å². The van der Waals surface area contributed by atoms with Gasteiger partial charge in [-0.05, 0) is 23.9 Å². The lowest BCUT2D eigenvalue weighted by Gasteiger charge is -2.28. The average molecular weight is 475 g/mol. The van der Waals surface area contributed by atoms with Crippen molar-refractivity contribution in [2.75, 3.05) is 12.4 Å². The van der Waals surface area contributed by atoms with Gasteiger partial charge in [0.15, 0.2) is 5.75 Å². The molecule has 2 atom stereocenters. The van der Waals surface area contributed by atoms with E-state index >= 15 is 0 Å². The third kappa shape index (κ3) is 5.59. The summed E-state index contributed by atoms with van der Waals surface area (Å²) >= 11 is 1.65. The van der Waals surface area contributed by atoms with Gasteiger partial charge in [0.1, 0.15) is 5.69 Å². The first-order valence-electron chi connectivity index (χ1n) is 10.9. The van der Waals surface area contributed by atoms with Crippen molar-refractivity contribution in [1.82, 2.24) is 14.9 Å². The number of aliphatic hydroxyl groups is 1. The van der Waals surface area contributed by atoms with Gasteiger partial charge in [-0.1, -0.05) is 66.7 Å². The lowest BCUT2D eigenvalue weighted by atomic mass is 10.0. The van der Waals surface area contributed by atoms with Crippen LogP contribution in [0.25, 0.3) is 11.3 Å². The van der Waals surface area contributed by atoms with Crippen LogP contribution < -0.4 is 10.1 Å². The number of hydrogen-bond donors (Lipinski definition) is 2. The van der Waals surface area contributed by atoms with E-state index in [1.807, 2.05) is 78.2 Å². The van der Waals surface area contributed by atoms with Gasteiger partial charge in [-0.3, -0.25) is 0 Å². The number of thiophene rings is 1. The van der Waals surface area contributed by atoms with Gasteiger partial charge in [-0.25, -0.2) is 14.8 Å². The summed E-state index contributed by atoms with van der Waals surface area (Å²) in [5.74, 6) is 0.680. The maximum absolute atomic E-state index is 13.0. The number of likely N-dealkylation sites (N-methyl/N-ethyl adjacent to an activating group) is 1. The first-order valence-corrected chi connectivity index (χ1v) is 11.8. The number of aromatic nitrogens is 2. The molecular weight excluding hydrogens is 448 g/mol. The van der Waals surface area contributed by atoms with E-state index in [9.17, 15) is 9.90 Å². The van der Waals surface area contributed by atoms with Crippen LogP contribution in [0.5, 0.6) is 5.75 Å². The normalized spacial score (nSPS) is 12.6.